The van der Waals surface area contributed by atoms with Gasteiger partial charge < -0.3 is 4.74 Å². The molecule has 0 unspecified atom stereocenters. The summed E-state index contributed by atoms with van der Waals surface area (Å²) >= 11 is 0. The molecular weight excluding hydrogens is 361 g/mol. The Morgan fingerprint density at radius 1 is 0.893 bits per heavy atom. The van der Waals surface area contributed by atoms with E-state index in [1.165, 1.54) is 6.07 Å². The summed E-state index contributed by atoms with van der Waals surface area (Å²) < 4.78 is 47.8. The van der Waals surface area contributed by atoms with Crippen molar-refractivity contribution in [2.45, 2.75) is 64.7 Å². The zero-order chi connectivity index (χ0) is 20.1. The molecular formula is C24H29F3O. The Bertz CT molecular complexity index is 795. The van der Waals surface area contributed by atoms with Crippen LogP contribution in [0.3, 0.4) is 0 Å². The highest BCUT2D eigenvalue weighted by molar-refractivity contribution is 5.31. The van der Waals surface area contributed by atoms with Crippen molar-refractivity contribution < 1.29 is 17.9 Å². The van der Waals surface area contributed by atoms with Gasteiger partial charge in [-0.25, -0.2) is 8.78 Å². The minimum atomic E-state index is -0.893. The number of benzene rings is 2. The lowest BCUT2D eigenvalue weighted by molar-refractivity contribution is 0.192. The van der Waals surface area contributed by atoms with Crippen molar-refractivity contribution in [3.05, 3.63) is 64.5 Å². The van der Waals surface area contributed by atoms with E-state index >= 15 is 0 Å². The second kappa shape index (κ2) is 9.49. The lowest BCUT2D eigenvalue weighted by atomic mass is 9.79. The fraction of sp³-hybridized carbons (Fsp3) is 0.500. The van der Waals surface area contributed by atoms with Crippen LogP contribution in [0, 0.1) is 23.4 Å². The van der Waals surface area contributed by atoms with Crippen LogP contribution in [-0.4, -0.2) is 6.61 Å². The largest absolute Gasteiger partial charge is 0.490 e. The molecule has 0 amide bonds. The SMILES string of the molecule is CCCc1ccc(C2CCC(COc3ccc(CC)c(F)c3F)CC2)cc1F. The predicted octanol–water partition coefficient (Wildman–Crippen LogP) is 6.97. The maximum atomic E-state index is 14.2. The van der Waals surface area contributed by atoms with Gasteiger partial charge in [-0.2, -0.15) is 4.39 Å². The van der Waals surface area contributed by atoms with E-state index in [1.54, 1.807) is 19.1 Å². The average molecular weight is 390 g/mol. The third-order valence-corrected chi connectivity index (χ3v) is 5.90. The number of rotatable bonds is 7. The molecule has 0 saturated heterocycles. The molecule has 0 aromatic heterocycles. The zero-order valence-corrected chi connectivity index (χ0v) is 16.7. The van der Waals surface area contributed by atoms with E-state index in [9.17, 15) is 13.2 Å². The number of aryl methyl sites for hydroxylation is 2. The third-order valence-electron chi connectivity index (χ3n) is 5.90. The molecule has 0 bridgehead atoms. The molecule has 0 atom stereocenters. The molecule has 2 aromatic carbocycles. The Kier molecular flexibility index (Phi) is 7.03. The topological polar surface area (TPSA) is 9.23 Å². The Hall–Kier alpha value is -1.97. The zero-order valence-electron chi connectivity index (χ0n) is 16.7. The van der Waals surface area contributed by atoms with Crippen LogP contribution in [0.15, 0.2) is 30.3 Å². The van der Waals surface area contributed by atoms with Gasteiger partial charge in [-0.15, -0.1) is 0 Å². The quantitative estimate of drug-likeness (QED) is 0.496. The van der Waals surface area contributed by atoms with Crippen LogP contribution in [0.25, 0.3) is 0 Å². The lowest BCUT2D eigenvalue weighted by Gasteiger charge is -2.29. The molecule has 0 radical (unpaired) electrons. The van der Waals surface area contributed by atoms with E-state index < -0.39 is 11.6 Å². The van der Waals surface area contributed by atoms with Gasteiger partial charge >= 0.3 is 0 Å². The van der Waals surface area contributed by atoms with E-state index in [0.29, 0.717) is 30.4 Å². The maximum Gasteiger partial charge on any atom is 0.200 e. The molecule has 2 aromatic rings. The minimum Gasteiger partial charge on any atom is -0.490 e. The number of hydrogen-bond acceptors (Lipinski definition) is 1. The fourth-order valence-corrected chi connectivity index (χ4v) is 4.12. The monoisotopic (exact) mass is 390 g/mol. The molecule has 28 heavy (non-hydrogen) atoms. The average Bonchev–Trinajstić information content (AvgIpc) is 2.71. The standard InChI is InChI=1S/C24H29F3O/c1-3-5-19-10-11-20(14-21(19)25)18-8-6-16(7-9-18)15-28-22-13-12-17(4-2)23(26)24(22)27/h10-14,16,18H,3-9,15H2,1-2H3. The van der Waals surface area contributed by atoms with Crippen molar-refractivity contribution in [3.8, 4) is 5.75 Å². The molecule has 0 spiro atoms. The van der Waals surface area contributed by atoms with E-state index in [1.807, 2.05) is 6.07 Å². The molecule has 0 heterocycles. The molecule has 3 rings (SSSR count). The van der Waals surface area contributed by atoms with Crippen LogP contribution in [0.5, 0.6) is 5.75 Å². The molecule has 152 valence electrons. The van der Waals surface area contributed by atoms with Crippen molar-refractivity contribution in [1.29, 1.82) is 0 Å². The van der Waals surface area contributed by atoms with Crippen LogP contribution in [0.2, 0.25) is 0 Å². The summed E-state index contributed by atoms with van der Waals surface area (Å²) in [4.78, 5) is 0. The number of halogens is 3. The van der Waals surface area contributed by atoms with Gasteiger partial charge in [0.1, 0.15) is 5.82 Å². The van der Waals surface area contributed by atoms with Gasteiger partial charge in [0.25, 0.3) is 0 Å². The van der Waals surface area contributed by atoms with E-state index in [2.05, 4.69) is 13.0 Å². The summed E-state index contributed by atoms with van der Waals surface area (Å²) in [5, 5.41) is 0. The van der Waals surface area contributed by atoms with Gasteiger partial charge in [0.15, 0.2) is 11.6 Å². The summed E-state index contributed by atoms with van der Waals surface area (Å²) in [7, 11) is 0. The molecule has 4 heteroatoms. The number of hydrogen-bond donors (Lipinski definition) is 0. The Balaban J connectivity index is 1.53. The predicted molar refractivity (Wildman–Crippen MR) is 106 cm³/mol. The van der Waals surface area contributed by atoms with Gasteiger partial charge in [0.05, 0.1) is 6.61 Å². The first-order chi connectivity index (χ1) is 13.5. The highest BCUT2D eigenvalue weighted by atomic mass is 19.2. The van der Waals surface area contributed by atoms with Crippen LogP contribution in [0.1, 0.15) is 68.6 Å². The van der Waals surface area contributed by atoms with Crippen molar-refractivity contribution in [3.63, 3.8) is 0 Å². The molecule has 1 nitrogen and oxygen atoms in total. The van der Waals surface area contributed by atoms with Gasteiger partial charge in [-0.3, -0.25) is 0 Å². The molecule has 0 N–H and O–H groups in total. The van der Waals surface area contributed by atoms with Crippen LogP contribution >= 0.6 is 0 Å². The third kappa shape index (κ3) is 4.71. The first-order valence-corrected chi connectivity index (χ1v) is 10.4. The molecule has 1 saturated carbocycles. The second-order valence-electron chi connectivity index (χ2n) is 7.83. The van der Waals surface area contributed by atoms with Crippen LogP contribution in [-0.2, 0) is 12.8 Å². The molecule has 1 fully saturated rings. The highest BCUT2D eigenvalue weighted by Crippen LogP contribution is 2.37. The maximum absolute atomic E-state index is 14.2. The van der Waals surface area contributed by atoms with Crippen LogP contribution in [0.4, 0.5) is 13.2 Å². The van der Waals surface area contributed by atoms with E-state index in [4.69, 9.17) is 4.74 Å². The smallest absolute Gasteiger partial charge is 0.200 e. The second-order valence-corrected chi connectivity index (χ2v) is 7.83. The van der Waals surface area contributed by atoms with E-state index in [0.717, 1.165) is 49.7 Å². The summed E-state index contributed by atoms with van der Waals surface area (Å²) in [6.07, 6.45) is 5.98. The summed E-state index contributed by atoms with van der Waals surface area (Å²) in [5.41, 5.74) is 2.22. The van der Waals surface area contributed by atoms with Gasteiger partial charge in [0, 0.05) is 0 Å². The normalized spacial score (nSPS) is 19.6. The van der Waals surface area contributed by atoms with Gasteiger partial charge in [-0.1, -0.05) is 38.5 Å². The van der Waals surface area contributed by atoms with Crippen molar-refractivity contribution in [1.82, 2.24) is 0 Å². The Labute approximate surface area is 165 Å². The van der Waals surface area contributed by atoms with Crippen molar-refractivity contribution in [2.24, 2.45) is 5.92 Å². The molecule has 1 aliphatic carbocycles. The molecule has 0 aliphatic heterocycles. The Morgan fingerprint density at radius 2 is 1.61 bits per heavy atom. The summed E-state index contributed by atoms with van der Waals surface area (Å²) in [6, 6.07) is 8.77. The van der Waals surface area contributed by atoms with Crippen molar-refractivity contribution >= 4 is 0 Å². The van der Waals surface area contributed by atoms with Gasteiger partial charge in [-0.05, 0) is 79.2 Å². The summed E-state index contributed by atoms with van der Waals surface area (Å²) in [6.45, 7) is 4.23. The molecule has 1 aliphatic rings. The Morgan fingerprint density at radius 3 is 2.25 bits per heavy atom. The van der Waals surface area contributed by atoms with Crippen molar-refractivity contribution in [2.75, 3.05) is 6.61 Å². The first-order valence-electron chi connectivity index (χ1n) is 10.4. The fourth-order valence-electron chi connectivity index (χ4n) is 4.12. The first kappa shape index (κ1) is 20.8. The van der Waals surface area contributed by atoms with E-state index in [-0.39, 0.29) is 11.6 Å². The minimum absolute atomic E-state index is 0.00888. The highest BCUT2D eigenvalue weighted by Gasteiger charge is 2.24. The number of ether oxygens (including phenoxy) is 1. The van der Waals surface area contributed by atoms with Crippen LogP contribution < -0.4 is 4.74 Å². The summed E-state index contributed by atoms with van der Waals surface area (Å²) in [5.74, 6) is -1.13. The van der Waals surface area contributed by atoms with Gasteiger partial charge in [0.2, 0.25) is 5.82 Å². The lowest BCUT2D eigenvalue weighted by Crippen LogP contribution is -2.20.